The highest BCUT2D eigenvalue weighted by molar-refractivity contribution is 5.91. The average molecular weight is 303 g/mol. The van der Waals surface area contributed by atoms with Gasteiger partial charge in [-0.25, -0.2) is 0 Å². The molecular weight excluding hydrogens is 274 g/mol. The van der Waals surface area contributed by atoms with E-state index >= 15 is 0 Å². The van der Waals surface area contributed by atoms with Gasteiger partial charge in [-0.3, -0.25) is 4.79 Å². The minimum atomic E-state index is -0.380. The summed E-state index contributed by atoms with van der Waals surface area (Å²) >= 11 is 0. The maximum absolute atomic E-state index is 11.1. The zero-order valence-electron chi connectivity index (χ0n) is 14.1. The molecule has 0 aromatic rings. The zero-order chi connectivity index (χ0) is 16.4. The summed E-state index contributed by atoms with van der Waals surface area (Å²) in [5.74, 6) is 2.11. The molecule has 7 atom stereocenters. The first-order chi connectivity index (χ1) is 10.3. The Hall–Kier alpha value is -1.35. The van der Waals surface area contributed by atoms with Crippen LogP contribution in [0.2, 0.25) is 0 Å². The number of carbonyl (C=O) groups is 1. The fourth-order valence-electron chi connectivity index (χ4n) is 4.22. The van der Waals surface area contributed by atoms with Crippen molar-refractivity contribution in [1.82, 2.24) is 0 Å². The highest BCUT2D eigenvalue weighted by Crippen LogP contribution is 2.48. The summed E-state index contributed by atoms with van der Waals surface area (Å²) in [6.45, 7) is 8.28. The topological polar surface area (TPSA) is 63.3 Å². The molecule has 3 N–H and O–H groups in total. The molecule has 1 fully saturated rings. The van der Waals surface area contributed by atoms with Gasteiger partial charge in [0.2, 0.25) is 5.91 Å². The van der Waals surface area contributed by atoms with Gasteiger partial charge in [0.05, 0.1) is 6.10 Å². The SMILES string of the molecule is CC(=CC=C[C@@H]1[C@H]2[C@H](C)[C@@H](O)[C@H](C)C[C@@H]2C=C[C@@H]1C)C(N)=O. The van der Waals surface area contributed by atoms with Gasteiger partial charge in [-0.05, 0) is 48.9 Å². The summed E-state index contributed by atoms with van der Waals surface area (Å²) in [5.41, 5.74) is 5.83. The van der Waals surface area contributed by atoms with Crippen molar-refractivity contribution >= 4 is 5.91 Å². The van der Waals surface area contributed by atoms with E-state index in [0.717, 1.165) is 6.42 Å². The molecule has 3 heteroatoms. The second-order valence-electron chi connectivity index (χ2n) is 7.22. The van der Waals surface area contributed by atoms with E-state index in [1.165, 1.54) is 0 Å². The first-order valence-electron chi connectivity index (χ1n) is 8.34. The fraction of sp³-hybridized carbons (Fsp3) is 0.632. The third-order valence-corrected chi connectivity index (χ3v) is 5.65. The number of nitrogens with two attached hydrogens (primary N) is 1. The van der Waals surface area contributed by atoms with E-state index in [9.17, 15) is 9.90 Å². The van der Waals surface area contributed by atoms with Crippen molar-refractivity contribution in [2.75, 3.05) is 0 Å². The van der Waals surface area contributed by atoms with Crippen LogP contribution in [-0.2, 0) is 4.79 Å². The monoisotopic (exact) mass is 303 g/mol. The second kappa shape index (κ2) is 6.82. The number of fused-ring (bicyclic) bond motifs is 1. The third kappa shape index (κ3) is 3.35. The lowest BCUT2D eigenvalue weighted by Gasteiger charge is -2.48. The molecule has 0 heterocycles. The lowest BCUT2D eigenvalue weighted by atomic mass is 9.58. The standard InChI is InChI=1S/C19H29NO2/c1-11-8-9-15-10-13(3)18(21)14(4)17(15)16(11)7-5-6-12(2)19(20)22/h5-9,11,13-18,21H,10H2,1-4H3,(H2,20,22)/t11-,13+,14-,15-,16-,17-,18-/m0/s1. The first kappa shape index (κ1) is 17.0. The Morgan fingerprint density at radius 1 is 1.27 bits per heavy atom. The minimum absolute atomic E-state index is 0.223. The summed E-state index contributed by atoms with van der Waals surface area (Å²) < 4.78 is 0. The molecule has 0 bridgehead atoms. The van der Waals surface area contributed by atoms with Crippen LogP contribution in [0, 0.1) is 35.5 Å². The van der Waals surface area contributed by atoms with Gasteiger partial charge in [-0.15, -0.1) is 0 Å². The maximum Gasteiger partial charge on any atom is 0.244 e. The largest absolute Gasteiger partial charge is 0.393 e. The van der Waals surface area contributed by atoms with Crippen molar-refractivity contribution < 1.29 is 9.90 Å². The van der Waals surface area contributed by atoms with Crippen molar-refractivity contribution in [3.63, 3.8) is 0 Å². The minimum Gasteiger partial charge on any atom is -0.393 e. The molecule has 2 rings (SSSR count). The van der Waals surface area contributed by atoms with Gasteiger partial charge in [-0.1, -0.05) is 51.2 Å². The fourth-order valence-corrected chi connectivity index (χ4v) is 4.22. The number of primary amides is 1. The smallest absolute Gasteiger partial charge is 0.244 e. The molecule has 2 aliphatic rings. The van der Waals surface area contributed by atoms with Crippen LogP contribution in [0.15, 0.2) is 36.0 Å². The van der Waals surface area contributed by atoms with Crippen molar-refractivity contribution in [3.8, 4) is 0 Å². The van der Waals surface area contributed by atoms with Gasteiger partial charge in [0.25, 0.3) is 0 Å². The highest BCUT2D eigenvalue weighted by Gasteiger charge is 2.44. The molecule has 0 aromatic carbocycles. The predicted octanol–water partition coefficient (Wildman–Crippen LogP) is 3.07. The Morgan fingerprint density at radius 3 is 2.59 bits per heavy atom. The number of hydrogen-bond donors (Lipinski definition) is 2. The van der Waals surface area contributed by atoms with Gasteiger partial charge in [-0.2, -0.15) is 0 Å². The van der Waals surface area contributed by atoms with Gasteiger partial charge < -0.3 is 10.8 Å². The van der Waals surface area contributed by atoms with Gasteiger partial charge in [0.15, 0.2) is 0 Å². The summed E-state index contributed by atoms with van der Waals surface area (Å²) in [6.07, 6.45) is 11.4. The van der Waals surface area contributed by atoms with Crippen LogP contribution in [0.1, 0.15) is 34.1 Å². The molecule has 0 radical (unpaired) electrons. The Bertz CT molecular complexity index is 506. The number of amides is 1. The zero-order valence-corrected chi connectivity index (χ0v) is 14.1. The van der Waals surface area contributed by atoms with Crippen LogP contribution in [0.3, 0.4) is 0 Å². The maximum atomic E-state index is 11.1. The second-order valence-corrected chi connectivity index (χ2v) is 7.22. The van der Waals surface area contributed by atoms with E-state index in [1.54, 1.807) is 13.0 Å². The van der Waals surface area contributed by atoms with Crippen LogP contribution < -0.4 is 5.73 Å². The number of rotatable bonds is 3. The lowest BCUT2D eigenvalue weighted by Crippen LogP contribution is -2.46. The van der Waals surface area contributed by atoms with Gasteiger partial charge in [0, 0.05) is 5.57 Å². The molecule has 0 aromatic heterocycles. The number of allylic oxidation sites excluding steroid dienone is 5. The van der Waals surface area contributed by atoms with Gasteiger partial charge >= 0.3 is 0 Å². The summed E-state index contributed by atoms with van der Waals surface area (Å²) in [5, 5.41) is 10.5. The molecule has 122 valence electrons. The van der Waals surface area contributed by atoms with Crippen LogP contribution in [0.25, 0.3) is 0 Å². The first-order valence-corrected chi connectivity index (χ1v) is 8.34. The van der Waals surface area contributed by atoms with E-state index in [4.69, 9.17) is 5.73 Å². The number of aliphatic hydroxyl groups excluding tert-OH is 1. The van der Waals surface area contributed by atoms with E-state index in [2.05, 4.69) is 39.0 Å². The molecule has 0 spiro atoms. The summed E-state index contributed by atoms with van der Waals surface area (Å²) in [6, 6.07) is 0. The Labute approximate surface area is 134 Å². The normalized spacial score (nSPS) is 42.4. The molecule has 1 saturated carbocycles. The molecular formula is C19H29NO2. The molecule has 0 saturated heterocycles. The lowest BCUT2D eigenvalue weighted by molar-refractivity contribution is -0.114. The predicted molar refractivity (Wildman–Crippen MR) is 89.8 cm³/mol. The van der Waals surface area contributed by atoms with Crippen molar-refractivity contribution in [1.29, 1.82) is 0 Å². The van der Waals surface area contributed by atoms with Crippen molar-refractivity contribution in [2.24, 2.45) is 41.2 Å². The molecule has 0 aliphatic heterocycles. The van der Waals surface area contributed by atoms with E-state index in [1.807, 2.05) is 6.08 Å². The van der Waals surface area contributed by atoms with E-state index in [0.29, 0.717) is 35.2 Å². The molecule has 2 aliphatic carbocycles. The van der Waals surface area contributed by atoms with Crippen LogP contribution in [0.5, 0.6) is 0 Å². The van der Waals surface area contributed by atoms with Crippen molar-refractivity contribution in [3.05, 3.63) is 36.0 Å². The molecule has 1 amide bonds. The van der Waals surface area contributed by atoms with Crippen LogP contribution >= 0.6 is 0 Å². The van der Waals surface area contributed by atoms with E-state index in [-0.39, 0.29) is 17.9 Å². The van der Waals surface area contributed by atoms with Crippen molar-refractivity contribution in [2.45, 2.75) is 40.2 Å². The van der Waals surface area contributed by atoms with Crippen LogP contribution in [0.4, 0.5) is 0 Å². The van der Waals surface area contributed by atoms with E-state index < -0.39 is 0 Å². The van der Waals surface area contributed by atoms with Crippen LogP contribution in [-0.4, -0.2) is 17.1 Å². The molecule has 3 nitrogen and oxygen atoms in total. The number of carbonyl (C=O) groups excluding carboxylic acids is 1. The third-order valence-electron chi connectivity index (χ3n) is 5.65. The summed E-state index contributed by atoms with van der Waals surface area (Å²) in [7, 11) is 0. The Morgan fingerprint density at radius 2 is 1.95 bits per heavy atom. The quantitative estimate of drug-likeness (QED) is 0.478. The Kier molecular flexibility index (Phi) is 5.28. The number of hydrogen-bond acceptors (Lipinski definition) is 2. The molecule has 0 unspecified atom stereocenters. The molecule has 22 heavy (non-hydrogen) atoms. The van der Waals surface area contributed by atoms with Gasteiger partial charge in [0.1, 0.15) is 0 Å². The summed E-state index contributed by atoms with van der Waals surface area (Å²) in [4.78, 5) is 11.1. The number of aliphatic hydroxyl groups is 1. The highest BCUT2D eigenvalue weighted by atomic mass is 16.3. The average Bonchev–Trinajstić information content (AvgIpc) is 2.47. The Balaban J connectivity index is 2.22.